The zero-order valence-electron chi connectivity index (χ0n) is 14.9. The van der Waals surface area contributed by atoms with E-state index in [1.54, 1.807) is 43.5 Å². The second-order valence-electron chi connectivity index (χ2n) is 6.44. The van der Waals surface area contributed by atoms with E-state index in [4.69, 9.17) is 5.11 Å². The number of benzene rings is 1. The molecule has 134 valence electrons. The third-order valence-corrected chi connectivity index (χ3v) is 4.03. The highest BCUT2D eigenvalue weighted by Crippen LogP contribution is 2.20. The minimum Gasteiger partial charge on any atom is -0.481 e. The average Bonchev–Trinajstić information content (AvgIpc) is 2.96. The van der Waals surface area contributed by atoms with E-state index in [-0.39, 0.29) is 18.4 Å². The van der Waals surface area contributed by atoms with Crippen LogP contribution < -0.4 is 5.32 Å². The van der Waals surface area contributed by atoms with Gasteiger partial charge in [0.25, 0.3) is 5.91 Å². The predicted molar refractivity (Wildman–Crippen MR) is 98.4 cm³/mol. The fourth-order valence-electron chi connectivity index (χ4n) is 2.81. The number of rotatable bonds is 5. The van der Waals surface area contributed by atoms with Crippen LogP contribution in [-0.4, -0.2) is 31.7 Å². The van der Waals surface area contributed by atoms with Crippen molar-refractivity contribution in [1.29, 1.82) is 0 Å². The molecule has 1 amide bonds. The van der Waals surface area contributed by atoms with Crippen molar-refractivity contribution < 1.29 is 14.7 Å². The number of pyridine rings is 1. The van der Waals surface area contributed by atoms with Gasteiger partial charge >= 0.3 is 5.97 Å². The maximum Gasteiger partial charge on any atom is 0.307 e. The molecule has 1 aromatic carbocycles. The van der Waals surface area contributed by atoms with Gasteiger partial charge in [-0.25, -0.2) is 9.67 Å². The summed E-state index contributed by atoms with van der Waals surface area (Å²) in [4.78, 5) is 28.0. The molecular weight excluding hydrogens is 332 g/mol. The van der Waals surface area contributed by atoms with E-state index in [0.717, 1.165) is 11.0 Å². The number of anilines is 1. The van der Waals surface area contributed by atoms with Crippen molar-refractivity contribution in [2.45, 2.75) is 33.2 Å². The highest BCUT2D eigenvalue weighted by atomic mass is 16.4. The lowest BCUT2D eigenvalue weighted by Gasteiger charge is -2.10. The molecule has 0 bridgehead atoms. The fraction of sp³-hybridized carbons (Fsp3) is 0.263. The van der Waals surface area contributed by atoms with Crippen LogP contribution >= 0.6 is 0 Å². The number of hydrogen-bond donors (Lipinski definition) is 2. The highest BCUT2D eigenvalue weighted by Gasteiger charge is 2.15. The van der Waals surface area contributed by atoms with Crippen LogP contribution in [0.1, 0.15) is 41.5 Å². The van der Waals surface area contributed by atoms with Gasteiger partial charge in [0, 0.05) is 17.1 Å². The van der Waals surface area contributed by atoms with Crippen molar-refractivity contribution in [2.75, 3.05) is 5.32 Å². The maximum atomic E-state index is 12.7. The molecule has 2 heterocycles. The Labute approximate surface area is 150 Å². The van der Waals surface area contributed by atoms with Gasteiger partial charge in [0.05, 0.1) is 23.9 Å². The largest absolute Gasteiger partial charge is 0.481 e. The number of carboxylic acids is 1. The van der Waals surface area contributed by atoms with Crippen molar-refractivity contribution in [1.82, 2.24) is 14.8 Å². The molecule has 0 aliphatic rings. The van der Waals surface area contributed by atoms with Crippen LogP contribution in [0.3, 0.4) is 0 Å². The van der Waals surface area contributed by atoms with Gasteiger partial charge in [-0.2, -0.15) is 5.10 Å². The third kappa shape index (κ3) is 3.56. The number of carbonyl (C=O) groups excluding carboxylic acids is 1. The first-order valence-corrected chi connectivity index (χ1v) is 8.32. The summed E-state index contributed by atoms with van der Waals surface area (Å²) < 4.78 is 1.82. The Morgan fingerprint density at radius 2 is 2.04 bits per heavy atom. The molecule has 2 N–H and O–H groups in total. The van der Waals surface area contributed by atoms with Gasteiger partial charge in [0.1, 0.15) is 0 Å². The lowest BCUT2D eigenvalue weighted by molar-refractivity contribution is -0.136. The molecule has 2 aromatic heterocycles. The Morgan fingerprint density at radius 1 is 1.27 bits per heavy atom. The van der Waals surface area contributed by atoms with Crippen molar-refractivity contribution in [2.24, 2.45) is 0 Å². The number of amides is 1. The van der Waals surface area contributed by atoms with Crippen molar-refractivity contribution in [3.63, 3.8) is 0 Å². The van der Waals surface area contributed by atoms with Gasteiger partial charge in [0.15, 0.2) is 5.65 Å². The van der Waals surface area contributed by atoms with Crippen molar-refractivity contribution >= 4 is 28.6 Å². The lowest BCUT2D eigenvalue weighted by Crippen LogP contribution is -2.15. The molecule has 3 rings (SSSR count). The van der Waals surface area contributed by atoms with E-state index in [1.807, 2.05) is 18.5 Å². The first kappa shape index (κ1) is 17.6. The summed E-state index contributed by atoms with van der Waals surface area (Å²) in [6.07, 6.45) is 1.61. The summed E-state index contributed by atoms with van der Waals surface area (Å²) >= 11 is 0. The summed E-state index contributed by atoms with van der Waals surface area (Å²) in [5.41, 5.74) is 2.99. The summed E-state index contributed by atoms with van der Waals surface area (Å²) in [7, 11) is 0. The molecule has 0 saturated heterocycles. The summed E-state index contributed by atoms with van der Waals surface area (Å²) in [5.74, 6) is -1.21. The van der Waals surface area contributed by atoms with Crippen LogP contribution in [0, 0.1) is 6.92 Å². The monoisotopic (exact) mass is 352 g/mol. The molecule has 7 nitrogen and oxygen atoms in total. The number of fused-ring (bicyclic) bond motifs is 1. The molecule has 26 heavy (non-hydrogen) atoms. The van der Waals surface area contributed by atoms with Crippen LogP contribution in [-0.2, 0) is 11.2 Å². The smallest absolute Gasteiger partial charge is 0.307 e. The zero-order chi connectivity index (χ0) is 18.8. The molecule has 0 radical (unpaired) electrons. The van der Waals surface area contributed by atoms with Gasteiger partial charge in [-0.3, -0.25) is 9.59 Å². The van der Waals surface area contributed by atoms with Gasteiger partial charge in [-0.05, 0) is 44.5 Å². The summed E-state index contributed by atoms with van der Waals surface area (Å²) in [5, 5.41) is 16.8. The number of aliphatic carboxylic acids is 1. The van der Waals surface area contributed by atoms with E-state index < -0.39 is 5.97 Å². The number of hydrogen-bond acceptors (Lipinski definition) is 4. The summed E-state index contributed by atoms with van der Waals surface area (Å²) in [6.45, 7) is 5.83. The molecule has 0 aliphatic carbocycles. The van der Waals surface area contributed by atoms with Crippen LogP contribution in [0.2, 0.25) is 0 Å². The summed E-state index contributed by atoms with van der Waals surface area (Å²) in [6, 6.07) is 8.76. The molecule has 0 unspecified atom stereocenters. The quantitative estimate of drug-likeness (QED) is 0.735. The van der Waals surface area contributed by atoms with Gasteiger partial charge in [0.2, 0.25) is 0 Å². The topological polar surface area (TPSA) is 97.1 Å². The van der Waals surface area contributed by atoms with Crippen molar-refractivity contribution in [3.8, 4) is 0 Å². The number of aromatic nitrogens is 3. The van der Waals surface area contributed by atoms with Gasteiger partial charge < -0.3 is 10.4 Å². The first-order valence-electron chi connectivity index (χ1n) is 8.32. The van der Waals surface area contributed by atoms with Gasteiger partial charge in [-0.1, -0.05) is 12.1 Å². The Kier molecular flexibility index (Phi) is 4.71. The predicted octanol–water partition coefficient (Wildman–Crippen LogP) is 3.20. The van der Waals surface area contributed by atoms with Crippen LogP contribution in [0.25, 0.3) is 11.0 Å². The first-order chi connectivity index (χ1) is 12.3. The number of nitrogens with one attached hydrogen (secondary N) is 1. The minimum absolute atomic E-state index is 0.0926. The van der Waals surface area contributed by atoms with E-state index in [0.29, 0.717) is 22.5 Å². The molecule has 3 aromatic rings. The van der Waals surface area contributed by atoms with Gasteiger partial charge in [-0.15, -0.1) is 0 Å². The highest BCUT2D eigenvalue weighted by molar-refractivity contribution is 6.06. The van der Waals surface area contributed by atoms with Crippen molar-refractivity contribution in [3.05, 3.63) is 53.3 Å². The molecule has 0 atom stereocenters. The molecule has 0 fully saturated rings. The number of nitrogens with zero attached hydrogens (tertiary/aromatic N) is 3. The number of carbonyl (C=O) groups is 2. The van der Waals surface area contributed by atoms with E-state index in [9.17, 15) is 9.59 Å². The minimum atomic E-state index is -0.916. The fourth-order valence-corrected chi connectivity index (χ4v) is 2.81. The Balaban J connectivity index is 1.88. The van der Waals surface area contributed by atoms with Crippen LogP contribution in [0.15, 0.2) is 36.5 Å². The Morgan fingerprint density at radius 3 is 2.73 bits per heavy atom. The molecule has 0 spiro atoms. The second kappa shape index (κ2) is 6.95. The SMILES string of the molecule is Cc1nc2c(cnn2C(C)C)cc1C(=O)Nc1cccc(CC(=O)O)c1. The van der Waals surface area contributed by atoms with E-state index in [1.165, 1.54) is 0 Å². The molecule has 7 heteroatoms. The molecule has 0 saturated carbocycles. The average molecular weight is 352 g/mol. The zero-order valence-corrected chi connectivity index (χ0v) is 14.9. The van der Waals surface area contributed by atoms with Crippen LogP contribution in [0.4, 0.5) is 5.69 Å². The Bertz CT molecular complexity index is 992. The third-order valence-electron chi connectivity index (χ3n) is 4.03. The standard InChI is InChI=1S/C19H20N4O3/c1-11(2)23-18-14(10-20-23)9-16(12(3)21-18)19(26)22-15-6-4-5-13(7-15)8-17(24)25/h4-7,9-11H,8H2,1-3H3,(H,22,26)(H,24,25). The molecular formula is C19H20N4O3. The van der Waals surface area contributed by atoms with E-state index in [2.05, 4.69) is 15.4 Å². The maximum absolute atomic E-state index is 12.7. The number of carboxylic acid groups (broad SMARTS) is 1. The number of aryl methyl sites for hydroxylation is 1. The Hall–Kier alpha value is -3.22. The van der Waals surface area contributed by atoms with E-state index >= 15 is 0 Å². The normalized spacial score (nSPS) is 11.1. The molecule has 0 aliphatic heterocycles. The lowest BCUT2D eigenvalue weighted by atomic mass is 10.1. The second-order valence-corrected chi connectivity index (χ2v) is 6.44. The van der Waals surface area contributed by atoms with Crippen LogP contribution in [0.5, 0.6) is 0 Å².